The predicted molar refractivity (Wildman–Crippen MR) is 93.9 cm³/mol. The summed E-state index contributed by atoms with van der Waals surface area (Å²) in [4.78, 5) is 14.7. The summed E-state index contributed by atoms with van der Waals surface area (Å²) in [7, 11) is 0. The smallest absolute Gasteiger partial charge is 0.160 e. The van der Waals surface area contributed by atoms with E-state index in [0.717, 1.165) is 51.0 Å². The van der Waals surface area contributed by atoms with Crippen LogP contribution in [0.5, 0.6) is 0 Å². The number of Topliss-reactive ketones (excluding diaryl/α,β-unsaturated/α-hetero) is 1. The number of rotatable bonds is 5. The van der Waals surface area contributed by atoms with E-state index in [2.05, 4.69) is 30.1 Å². The maximum atomic E-state index is 12.3. The first-order chi connectivity index (χ1) is 11.7. The third-order valence-electron chi connectivity index (χ3n) is 5.58. The van der Waals surface area contributed by atoms with Crippen molar-refractivity contribution in [3.05, 3.63) is 48.3 Å². The Morgan fingerprint density at radius 2 is 2.29 bits per heavy atom. The van der Waals surface area contributed by atoms with Crippen LogP contribution in [0.4, 0.5) is 0 Å². The molecule has 130 valence electrons. The minimum atomic E-state index is -0.229. The van der Waals surface area contributed by atoms with E-state index in [9.17, 15) is 4.79 Å². The van der Waals surface area contributed by atoms with E-state index in [1.165, 1.54) is 11.8 Å². The lowest BCUT2D eigenvalue weighted by atomic mass is 9.74. The second kappa shape index (κ2) is 7.39. The summed E-state index contributed by atoms with van der Waals surface area (Å²) in [6, 6.07) is 0.0467. The summed E-state index contributed by atoms with van der Waals surface area (Å²) < 4.78 is 11.1. The maximum absolute atomic E-state index is 12.3. The maximum Gasteiger partial charge on any atom is 0.160 e. The van der Waals surface area contributed by atoms with Crippen LogP contribution >= 0.6 is 0 Å². The zero-order valence-corrected chi connectivity index (χ0v) is 14.7. The first-order valence-corrected chi connectivity index (χ1v) is 8.94. The standard InChI is InChI=1S/C20H27NO3/c1-3-20(16(2)22)10-7-11-21(15-20)19(17-8-5-4-6-9-17)18-14-23-12-13-24-18/h4-5,8,12-14,19H,3,6-7,9-11,15H2,1-2H3. The molecular formula is C20H27NO3. The average molecular weight is 329 g/mol. The van der Waals surface area contributed by atoms with Crippen molar-refractivity contribution in [2.24, 2.45) is 5.41 Å². The zero-order chi connectivity index (χ0) is 17.0. The molecule has 0 spiro atoms. The molecule has 1 fully saturated rings. The van der Waals surface area contributed by atoms with Gasteiger partial charge in [-0.3, -0.25) is 9.69 Å². The van der Waals surface area contributed by atoms with E-state index in [4.69, 9.17) is 9.47 Å². The second-order valence-corrected chi connectivity index (χ2v) is 6.92. The van der Waals surface area contributed by atoms with Gasteiger partial charge in [-0.05, 0) is 51.1 Å². The molecule has 3 aliphatic rings. The second-order valence-electron chi connectivity index (χ2n) is 6.92. The Balaban J connectivity index is 1.90. The molecule has 2 unspecified atom stereocenters. The van der Waals surface area contributed by atoms with Gasteiger partial charge in [-0.25, -0.2) is 0 Å². The first-order valence-electron chi connectivity index (χ1n) is 8.94. The van der Waals surface area contributed by atoms with Crippen LogP contribution in [0.15, 0.2) is 48.3 Å². The Kier molecular flexibility index (Phi) is 5.24. The molecule has 2 aliphatic heterocycles. The van der Waals surface area contributed by atoms with E-state index < -0.39 is 0 Å². The molecule has 1 saturated heterocycles. The van der Waals surface area contributed by atoms with Crippen LogP contribution in [-0.2, 0) is 14.3 Å². The van der Waals surface area contributed by atoms with Crippen LogP contribution in [-0.4, -0.2) is 29.8 Å². The van der Waals surface area contributed by atoms with Gasteiger partial charge in [0, 0.05) is 12.0 Å². The van der Waals surface area contributed by atoms with E-state index in [0.29, 0.717) is 5.78 Å². The van der Waals surface area contributed by atoms with Gasteiger partial charge in [-0.2, -0.15) is 0 Å². The van der Waals surface area contributed by atoms with Gasteiger partial charge in [0.05, 0.1) is 6.04 Å². The molecule has 4 nitrogen and oxygen atoms in total. The molecule has 0 saturated carbocycles. The molecule has 0 amide bonds. The van der Waals surface area contributed by atoms with E-state index >= 15 is 0 Å². The Morgan fingerprint density at radius 3 is 2.92 bits per heavy atom. The molecule has 0 aromatic heterocycles. The van der Waals surface area contributed by atoms with Crippen LogP contribution in [0.3, 0.4) is 0 Å². The van der Waals surface area contributed by atoms with Crippen molar-refractivity contribution in [3.8, 4) is 0 Å². The van der Waals surface area contributed by atoms with Crippen molar-refractivity contribution < 1.29 is 14.3 Å². The quantitative estimate of drug-likeness (QED) is 0.762. The summed E-state index contributed by atoms with van der Waals surface area (Å²) in [6.07, 6.45) is 16.3. The number of carbonyl (C=O) groups excluding carboxylic acids is 1. The highest BCUT2D eigenvalue weighted by atomic mass is 16.5. The SMILES string of the molecule is CCC1(C(C)=O)CCCN(C(C2=CC=CCC2)C2=COC=CO2)C1. The van der Waals surface area contributed by atoms with Crippen molar-refractivity contribution in [2.45, 2.75) is 52.0 Å². The Morgan fingerprint density at radius 1 is 1.42 bits per heavy atom. The largest absolute Gasteiger partial charge is 0.466 e. The van der Waals surface area contributed by atoms with E-state index in [1.54, 1.807) is 19.4 Å². The molecule has 0 bridgehead atoms. The van der Waals surface area contributed by atoms with E-state index in [-0.39, 0.29) is 11.5 Å². The number of allylic oxidation sites excluding steroid dienone is 3. The van der Waals surface area contributed by atoms with Gasteiger partial charge < -0.3 is 9.47 Å². The van der Waals surface area contributed by atoms with Crippen molar-refractivity contribution >= 4 is 5.78 Å². The first kappa shape index (κ1) is 17.0. The van der Waals surface area contributed by atoms with Crippen LogP contribution in [0.25, 0.3) is 0 Å². The van der Waals surface area contributed by atoms with Crippen LogP contribution in [0.2, 0.25) is 0 Å². The number of ketones is 1. The van der Waals surface area contributed by atoms with Crippen molar-refractivity contribution in [1.29, 1.82) is 0 Å². The molecule has 3 rings (SSSR count). The van der Waals surface area contributed by atoms with Gasteiger partial charge in [0.2, 0.25) is 0 Å². The number of hydrogen-bond donors (Lipinski definition) is 0. The molecule has 24 heavy (non-hydrogen) atoms. The fraction of sp³-hybridized carbons (Fsp3) is 0.550. The molecule has 0 radical (unpaired) electrons. The van der Waals surface area contributed by atoms with Gasteiger partial charge in [0.1, 0.15) is 24.6 Å². The van der Waals surface area contributed by atoms with Crippen molar-refractivity contribution in [1.82, 2.24) is 4.90 Å². The summed E-state index contributed by atoms with van der Waals surface area (Å²) in [5.41, 5.74) is 1.10. The molecular weight excluding hydrogens is 302 g/mol. The normalized spacial score (nSPS) is 28.4. The molecule has 0 aromatic carbocycles. The lowest BCUT2D eigenvalue weighted by molar-refractivity contribution is -0.130. The number of carbonyl (C=O) groups is 1. The molecule has 0 aromatic rings. The minimum absolute atomic E-state index is 0.0467. The number of hydrogen-bond acceptors (Lipinski definition) is 4. The summed E-state index contributed by atoms with van der Waals surface area (Å²) in [5, 5.41) is 0. The highest BCUT2D eigenvalue weighted by Gasteiger charge is 2.42. The lowest BCUT2D eigenvalue weighted by Crippen LogP contribution is -2.52. The third kappa shape index (κ3) is 3.34. The number of ether oxygens (including phenoxy) is 2. The Bertz CT molecular complexity index is 602. The fourth-order valence-electron chi connectivity index (χ4n) is 4.06. The Hall–Kier alpha value is -1.81. The molecule has 1 aliphatic carbocycles. The molecule has 0 N–H and O–H groups in total. The highest BCUT2D eigenvalue weighted by Crippen LogP contribution is 2.38. The highest BCUT2D eigenvalue weighted by molar-refractivity contribution is 5.82. The summed E-state index contributed by atoms with van der Waals surface area (Å²) in [6.45, 7) is 5.64. The molecule has 2 heterocycles. The van der Waals surface area contributed by atoms with Crippen molar-refractivity contribution in [2.75, 3.05) is 13.1 Å². The number of likely N-dealkylation sites (tertiary alicyclic amines) is 1. The lowest BCUT2D eigenvalue weighted by Gasteiger charge is -2.45. The molecule has 4 heteroatoms. The van der Waals surface area contributed by atoms with Crippen LogP contribution in [0.1, 0.15) is 46.0 Å². The number of piperidine rings is 1. The average Bonchev–Trinajstić information content (AvgIpc) is 2.64. The fourth-order valence-corrected chi connectivity index (χ4v) is 4.06. The topological polar surface area (TPSA) is 38.8 Å². The van der Waals surface area contributed by atoms with Gasteiger partial charge in [0.15, 0.2) is 5.76 Å². The van der Waals surface area contributed by atoms with Gasteiger partial charge in [-0.15, -0.1) is 0 Å². The summed E-state index contributed by atoms with van der Waals surface area (Å²) >= 11 is 0. The van der Waals surface area contributed by atoms with Gasteiger partial charge in [0.25, 0.3) is 0 Å². The monoisotopic (exact) mass is 329 g/mol. The summed E-state index contributed by atoms with van der Waals surface area (Å²) in [5.74, 6) is 1.12. The minimum Gasteiger partial charge on any atom is -0.466 e. The number of nitrogens with zero attached hydrogens (tertiary/aromatic N) is 1. The predicted octanol–water partition coefficient (Wildman–Crippen LogP) is 4.07. The zero-order valence-electron chi connectivity index (χ0n) is 14.7. The Labute approximate surface area is 144 Å². The molecule has 2 atom stereocenters. The van der Waals surface area contributed by atoms with Crippen LogP contribution in [0, 0.1) is 5.41 Å². The van der Waals surface area contributed by atoms with Crippen molar-refractivity contribution in [3.63, 3.8) is 0 Å². The third-order valence-corrected chi connectivity index (χ3v) is 5.58. The van der Waals surface area contributed by atoms with Gasteiger partial charge >= 0.3 is 0 Å². The van der Waals surface area contributed by atoms with Crippen LogP contribution < -0.4 is 0 Å². The van der Waals surface area contributed by atoms with E-state index in [1.807, 2.05) is 0 Å². The van der Waals surface area contributed by atoms with Gasteiger partial charge in [-0.1, -0.05) is 25.2 Å².